The fourth-order valence-electron chi connectivity index (χ4n) is 2.35. The molecule has 3 aliphatic heterocycles. The van der Waals surface area contributed by atoms with E-state index in [-0.39, 0.29) is 0 Å². The van der Waals surface area contributed by atoms with Gasteiger partial charge in [0, 0.05) is 6.54 Å². The molecule has 0 aromatic rings. The second-order valence-corrected chi connectivity index (χ2v) is 3.96. The molecular weight excluding hydrogens is 174 g/mol. The first kappa shape index (κ1) is 8.26. The average molecular weight is 189 g/mol. The van der Waals surface area contributed by atoms with Gasteiger partial charge in [0.2, 0.25) is 0 Å². The minimum atomic E-state index is 0.572. The summed E-state index contributed by atoms with van der Waals surface area (Å²) in [5, 5.41) is 5.69. The van der Waals surface area contributed by atoms with E-state index in [9.17, 15) is 0 Å². The zero-order valence-corrected chi connectivity index (χ0v) is 8.16. The molecular formula is C11H15N3. The van der Waals surface area contributed by atoms with Crippen LogP contribution in [0.25, 0.3) is 0 Å². The van der Waals surface area contributed by atoms with Crippen molar-refractivity contribution in [2.24, 2.45) is 0 Å². The van der Waals surface area contributed by atoms with Crippen LogP contribution in [0.15, 0.2) is 35.6 Å². The predicted octanol–water partition coefficient (Wildman–Crippen LogP) is 0.549. The van der Waals surface area contributed by atoms with Crippen molar-refractivity contribution in [3.05, 3.63) is 35.6 Å². The van der Waals surface area contributed by atoms with Crippen LogP contribution in [0.3, 0.4) is 0 Å². The van der Waals surface area contributed by atoms with E-state index in [0.717, 1.165) is 19.6 Å². The Balaban J connectivity index is 1.96. The quantitative estimate of drug-likeness (QED) is 0.582. The number of piperidine rings is 1. The van der Waals surface area contributed by atoms with Gasteiger partial charge in [-0.3, -0.25) is 0 Å². The molecule has 3 nitrogen and oxygen atoms in total. The third-order valence-electron chi connectivity index (χ3n) is 3.07. The number of rotatable bonds is 0. The van der Waals surface area contributed by atoms with Gasteiger partial charge in [0.25, 0.3) is 0 Å². The van der Waals surface area contributed by atoms with Gasteiger partial charge in [0.05, 0.1) is 18.3 Å². The van der Waals surface area contributed by atoms with E-state index in [1.807, 2.05) is 0 Å². The van der Waals surface area contributed by atoms with Gasteiger partial charge in [-0.1, -0.05) is 18.2 Å². The molecule has 14 heavy (non-hydrogen) atoms. The molecule has 1 atom stereocenters. The Morgan fingerprint density at radius 2 is 2.36 bits per heavy atom. The molecule has 0 aromatic heterocycles. The lowest BCUT2D eigenvalue weighted by Gasteiger charge is -2.22. The Hall–Kier alpha value is -1.06. The molecule has 1 fully saturated rings. The fourth-order valence-corrected chi connectivity index (χ4v) is 2.35. The number of allylic oxidation sites excluding steroid dienone is 3. The molecule has 3 aliphatic rings. The smallest absolute Gasteiger partial charge is 0.0544 e. The molecule has 0 aromatic carbocycles. The molecule has 1 saturated heterocycles. The highest BCUT2D eigenvalue weighted by atomic mass is 15.5. The average Bonchev–Trinajstić information content (AvgIpc) is 2.42. The minimum absolute atomic E-state index is 0.572. The summed E-state index contributed by atoms with van der Waals surface area (Å²) in [6, 6.07) is 0.572. The van der Waals surface area contributed by atoms with Crippen molar-refractivity contribution in [2.45, 2.75) is 12.5 Å². The van der Waals surface area contributed by atoms with Crippen LogP contribution in [-0.4, -0.2) is 30.7 Å². The van der Waals surface area contributed by atoms with Crippen molar-refractivity contribution in [3.63, 3.8) is 0 Å². The van der Waals surface area contributed by atoms with Gasteiger partial charge in [-0.25, -0.2) is 5.43 Å². The highest BCUT2D eigenvalue weighted by Gasteiger charge is 2.30. The molecule has 2 N–H and O–H groups in total. The molecule has 0 radical (unpaired) electrons. The molecule has 0 spiro atoms. The summed E-state index contributed by atoms with van der Waals surface area (Å²) in [7, 11) is 0. The highest BCUT2D eigenvalue weighted by molar-refractivity contribution is 5.37. The van der Waals surface area contributed by atoms with Crippen molar-refractivity contribution in [1.29, 1.82) is 0 Å². The topological polar surface area (TPSA) is 27.3 Å². The highest BCUT2D eigenvalue weighted by Crippen LogP contribution is 2.26. The van der Waals surface area contributed by atoms with E-state index in [1.165, 1.54) is 17.7 Å². The van der Waals surface area contributed by atoms with E-state index >= 15 is 0 Å². The largest absolute Gasteiger partial charge is 0.313 e. The monoisotopic (exact) mass is 189 g/mol. The third-order valence-corrected chi connectivity index (χ3v) is 3.07. The number of nitrogens with one attached hydrogen (secondary N) is 2. The van der Waals surface area contributed by atoms with Gasteiger partial charge in [-0.2, -0.15) is 0 Å². The second kappa shape index (κ2) is 3.26. The molecule has 1 unspecified atom stereocenters. The lowest BCUT2D eigenvalue weighted by atomic mass is 10.0. The van der Waals surface area contributed by atoms with Crippen molar-refractivity contribution in [1.82, 2.24) is 15.8 Å². The van der Waals surface area contributed by atoms with Gasteiger partial charge < -0.3 is 10.3 Å². The van der Waals surface area contributed by atoms with Crippen LogP contribution in [0.1, 0.15) is 6.42 Å². The van der Waals surface area contributed by atoms with Gasteiger partial charge >= 0.3 is 0 Å². The lowest BCUT2D eigenvalue weighted by Crippen LogP contribution is -2.42. The van der Waals surface area contributed by atoms with Gasteiger partial charge in [0.1, 0.15) is 0 Å². The molecule has 0 aliphatic carbocycles. The van der Waals surface area contributed by atoms with Crippen molar-refractivity contribution in [3.8, 4) is 0 Å². The maximum atomic E-state index is 3.55. The van der Waals surface area contributed by atoms with E-state index in [0.29, 0.717) is 6.04 Å². The number of fused-ring (bicyclic) bond motifs is 2. The Labute approximate surface area is 84.1 Å². The van der Waals surface area contributed by atoms with E-state index in [4.69, 9.17) is 0 Å². The third kappa shape index (κ3) is 1.21. The van der Waals surface area contributed by atoms with Crippen LogP contribution >= 0.6 is 0 Å². The molecule has 0 saturated carbocycles. The molecule has 0 bridgehead atoms. The second-order valence-electron chi connectivity index (χ2n) is 3.96. The van der Waals surface area contributed by atoms with Crippen LogP contribution in [-0.2, 0) is 0 Å². The van der Waals surface area contributed by atoms with Crippen molar-refractivity contribution < 1.29 is 0 Å². The van der Waals surface area contributed by atoms with E-state index in [2.05, 4.69) is 40.1 Å². The Bertz CT molecular complexity index is 327. The van der Waals surface area contributed by atoms with Gasteiger partial charge in [-0.15, -0.1) is 0 Å². The summed E-state index contributed by atoms with van der Waals surface area (Å²) >= 11 is 0. The fraction of sp³-hybridized carbons (Fsp3) is 0.455. The number of nitrogens with zero attached hydrogens (tertiary/aromatic N) is 1. The van der Waals surface area contributed by atoms with Gasteiger partial charge in [0.15, 0.2) is 0 Å². The first-order chi connectivity index (χ1) is 6.95. The summed E-state index contributed by atoms with van der Waals surface area (Å²) in [6.07, 6.45) is 9.83. The minimum Gasteiger partial charge on any atom is -0.313 e. The molecule has 3 heteroatoms. The number of hydrazine groups is 1. The summed E-state index contributed by atoms with van der Waals surface area (Å²) < 4.78 is 0. The normalized spacial score (nSPS) is 30.3. The van der Waals surface area contributed by atoms with E-state index in [1.54, 1.807) is 0 Å². The summed E-state index contributed by atoms with van der Waals surface area (Å²) in [5.41, 5.74) is 6.44. The number of hydrogen-bond donors (Lipinski definition) is 2. The Morgan fingerprint density at radius 3 is 3.36 bits per heavy atom. The van der Waals surface area contributed by atoms with Crippen molar-refractivity contribution >= 4 is 0 Å². The predicted molar refractivity (Wildman–Crippen MR) is 56.4 cm³/mol. The van der Waals surface area contributed by atoms with Crippen LogP contribution in [0.5, 0.6) is 0 Å². The maximum Gasteiger partial charge on any atom is 0.0544 e. The zero-order chi connectivity index (χ0) is 9.38. The summed E-state index contributed by atoms with van der Waals surface area (Å²) in [4.78, 5) is 0. The van der Waals surface area contributed by atoms with Crippen molar-refractivity contribution in [2.75, 3.05) is 19.6 Å². The van der Waals surface area contributed by atoms with Crippen LogP contribution < -0.4 is 10.7 Å². The Morgan fingerprint density at radius 1 is 1.36 bits per heavy atom. The molecule has 0 amide bonds. The summed E-state index contributed by atoms with van der Waals surface area (Å²) in [6.45, 7) is 3.14. The van der Waals surface area contributed by atoms with Crippen LogP contribution in [0.2, 0.25) is 0 Å². The Kier molecular flexibility index (Phi) is 1.92. The van der Waals surface area contributed by atoms with Crippen LogP contribution in [0, 0.1) is 0 Å². The first-order valence-corrected chi connectivity index (χ1v) is 5.26. The zero-order valence-electron chi connectivity index (χ0n) is 8.16. The van der Waals surface area contributed by atoms with Gasteiger partial charge in [-0.05, 0) is 24.6 Å². The lowest BCUT2D eigenvalue weighted by molar-refractivity contribution is 0.276. The SMILES string of the molecule is C1=CCN2NC3CCNCC3=C2C=C1. The first-order valence-electron chi connectivity index (χ1n) is 5.26. The molecule has 3 rings (SSSR count). The van der Waals surface area contributed by atoms with E-state index < -0.39 is 0 Å². The maximum absolute atomic E-state index is 3.55. The summed E-state index contributed by atoms with van der Waals surface area (Å²) in [5.74, 6) is 0. The molecule has 74 valence electrons. The van der Waals surface area contributed by atoms with Crippen LogP contribution in [0.4, 0.5) is 0 Å². The number of hydrogen-bond acceptors (Lipinski definition) is 3. The molecule has 3 heterocycles. The standard InChI is InChI=1S/C11H15N3/c1-2-4-11-9-8-12-6-5-10(9)13-14(11)7-3-1/h1-4,10,12-13H,5-8H2.